The minimum atomic E-state index is -4.30. The van der Waals surface area contributed by atoms with E-state index in [1.54, 1.807) is 0 Å². The SMILES string of the molecule is FC(F)(F)Cc1nc(CBr)no1. The van der Waals surface area contributed by atoms with Crippen molar-refractivity contribution < 1.29 is 17.7 Å². The van der Waals surface area contributed by atoms with E-state index in [9.17, 15) is 13.2 Å². The standard InChI is InChI=1S/C5H4BrF3N2O/c6-2-3-10-4(12-11-3)1-5(7,8)9/h1-2H2. The first-order valence-electron chi connectivity index (χ1n) is 2.95. The summed E-state index contributed by atoms with van der Waals surface area (Å²) >= 11 is 2.98. The van der Waals surface area contributed by atoms with Crippen molar-refractivity contribution >= 4 is 15.9 Å². The molecule has 0 bridgehead atoms. The second-order valence-electron chi connectivity index (χ2n) is 2.03. The number of rotatable bonds is 2. The second kappa shape index (κ2) is 3.42. The molecule has 0 amide bonds. The summed E-state index contributed by atoms with van der Waals surface area (Å²) in [5.41, 5.74) is 0. The van der Waals surface area contributed by atoms with Gasteiger partial charge in [0.05, 0.1) is 5.33 Å². The summed E-state index contributed by atoms with van der Waals surface area (Å²) in [4.78, 5) is 3.47. The predicted octanol–water partition coefficient (Wildman–Crippen LogP) is 2.07. The van der Waals surface area contributed by atoms with Gasteiger partial charge in [-0.3, -0.25) is 0 Å². The summed E-state index contributed by atoms with van der Waals surface area (Å²) in [6.45, 7) is 0. The molecule has 0 aliphatic rings. The Morgan fingerprint density at radius 2 is 2.08 bits per heavy atom. The average molecular weight is 245 g/mol. The lowest BCUT2D eigenvalue weighted by Crippen LogP contribution is -2.11. The Hall–Kier alpha value is -0.590. The minimum Gasteiger partial charge on any atom is -0.339 e. The minimum absolute atomic E-state index is 0.217. The third kappa shape index (κ3) is 2.80. The molecule has 0 N–H and O–H groups in total. The van der Waals surface area contributed by atoms with Crippen molar-refractivity contribution in [1.29, 1.82) is 0 Å². The summed E-state index contributed by atoms with van der Waals surface area (Å²) in [5, 5.41) is 3.57. The van der Waals surface area contributed by atoms with Gasteiger partial charge < -0.3 is 4.52 Å². The maximum absolute atomic E-state index is 11.7. The van der Waals surface area contributed by atoms with Crippen LogP contribution < -0.4 is 0 Å². The average Bonchev–Trinajstić information content (AvgIpc) is 2.32. The lowest BCUT2D eigenvalue weighted by Gasteiger charge is -1.99. The highest BCUT2D eigenvalue weighted by Gasteiger charge is 2.30. The number of halogens is 4. The van der Waals surface area contributed by atoms with E-state index in [0.717, 1.165) is 0 Å². The molecule has 68 valence electrons. The van der Waals surface area contributed by atoms with Crippen LogP contribution in [-0.4, -0.2) is 16.3 Å². The Balaban J connectivity index is 2.64. The van der Waals surface area contributed by atoms with Crippen LogP contribution in [0, 0.1) is 0 Å². The van der Waals surface area contributed by atoms with Crippen molar-refractivity contribution in [3.63, 3.8) is 0 Å². The van der Waals surface area contributed by atoms with E-state index < -0.39 is 18.5 Å². The van der Waals surface area contributed by atoms with Gasteiger partial charge in [-0.1, -0.05) is 21.1 Å². The molecular weight excluding hydrogens is 241 g/mol. The molecular formula is C5H4BrF3N2O. The van der Waals surface area contributed by atoms with Crippen LogP contribution in [0.5, 0.6) is 0 Å². The number of nitrogens with zero attached hydrogens (tertiary/aromatic N) is 2. The van der Waals surface area contributed by atoms with E-state index in [1.165, 1.54) is 0 Å². The van der Waals surface area contributed by atoms with Gasteiger partial charge in [-0.15, -0.1) is 0 Å². The second-order valence-corrected chi connectivity index (χ2v) is 2.59. The summed E-state index contributed by atoms with van der Waals surface area (Å²) in [6.07, 6.45) is -5.47. The number of hydrogen-bond donors (Lipinski definition) is 0. The molecule has 0 aromatic carbocycles. The first-order valence-corrected chi connectivity index (χ1v) is 4.07. The quantitative estimate of drug-likeness (QED) is 0.748. The van der Waals surface area contributed by atoms with E-state index in [-0.39, 0.29) is 11.2 Å². The highest BCUT2D eigenvalue weighted by Crippen LogP contribution is 2.20. The Morgan fingerprint density at radius 3 is 2.50 bits per heavy atom. The van der Waals surface area contributed by atoms with E-state index in [0.29, 0.717) is 0 Å². The van der Waals surface area contributed by atoms with Crippen LogP contribution in [-0.2, 0) is 11.8 Å². The van der Waals surface area contributed by atoms with Crippen LogP contribution in [0.25, 0.3) is 0 Å². The molecule has 0 aliphatic heterocycles. The molecule has 0 aliphatic carbocycles. The molecule has 7 heteroatoms. The van der Waals surface area contributed by atoms with Crippen molar-refractivity contribution in [2.45, 2.75) is 17.9 Å². The van der Waals surface area contributed by atoms with Crippen LogP contribution in [0.3, 0.4) is 0 Å². The molecule has 1 heterocycles. The van der Waals surface area contributed by atoms with Gasteiger partial charge in [-0.05, 0) is 0 Å². The maximum atomic E-state index is 11.7. The van der Waals surface area contributed by atoms with Crippen LogP contribution in [0.1, 0.15) is 11.7 Å². The van der Waals surface area contributed by atoms with Crippen LogP contribution in [0.4, 0.5) is 13.2 Å². The Bertz CT molecular complexity index is 259. The highest BCUT2D eigenvalue weighted by molar-refractivity contribution is 9.08. The first-order chi connectivity index (χ1) is 5.51. The van der Waals surface area contributed by atoms with Crippen molar-refractivity contribution in [1.82, 2.24) is 10.1 Å². The van der Waals surface area contributed by atoms with Crippen LogP contribution in [0.15, 0.2) is 4.52 Å². The van der Waals surface area contributed by atoms with Gasteiger partial charge in [-0.2, -0.15) is 18.2 Å². The summed E-state index contributed by atoms with van der Waals surface area (Å²) < 4.78 is 39.5. The molecule has 0 spiro atoms. The summed E-state index contributed by atoms with van der Waals surface area (Å²) in [6, 6.07) is 0. The fraction of sp³-hybridized carbons (Fsp3) is 0.600. The molecule has 0 fully saturated rings. The third-order valence-corrected chi connectivity index (χ3v) is 1.48. The molecule has 1 rings (SSSR count). The molecule has 1 aromatic rings. The Morgan fingerprint density at radius 1 is 1.42 bits per heavy atom. The highest BCUT2D eigenvalue weighted by atomic mass is 79.9. The zero-order valence-corrected chi connectivity index (χ0v) is 7.31. The fourth-order valence-corrected chi connectivity index (χ4v) is 0.815. The van der Waals surface area contributed by atoms with Crippen molar-refractivity contribution in [3.05, 3.63) is 11.7 Å². The van der Waals surface area contributed by atoms with E-state index in [1.807, 2.05) is 0 Å². The molecule has 3 nitrogen and oxygen atoms in total. The monoisotopic (exact) mass is 244 g/mol. The summed E-state index contributed by atoms with van der Waals surface area (Å²) in [7, 11) is 0. The predicted molar refractivity (Wildman–Crippen MR) is 36.7 cm³/mol. The fourth-order valence-electron chi connectivity index (χ4n) is 0.588. The molecule has 0 atom stereocenters. The van der Waals surface area contributed by atoms with E-state index in [4.69, 9.17) is 0 Å². The smallest absolute Gasteiger partial charge is 0.339 e. The zero-order chi connectivity index (χ0) is 9.19. The zero-order valence-electron chi connectivity index (χ0n) is 5.73. The Kier molecular flexibility index (Phi) is 2.71. The number of alkyl halides is 4. The Labute approximate surface area is 74.1 Å². The van der Waals surface area contributed by atoms with Crippen molar-refractivity contribution in [3.8, 4) is 0 Å². The van der Waals surface area contributed by atoms with Crippen molar-refractivity contribution in [2.75, 3.05) is 0 Å². The molecule has 0 unspecified atom stereocenters. The summed E-state index contributed by atoms with van der Waals surface area (Å²) in [5.74, 6) is -0.189. The van der Waals surface area contributed by atoms with E-state index in [2.05, 4.69) is 30.6 Å². The molecule has 1 aromatic heterocycles. The van der Waals surface area contributed by atoms with Gasteiger partial charge in [0.2, 0.25) is 5.89 Å². The van der Waals surface area contributed by atoms with Gasteiger partial charge >= 0.3 is 6.18 Å². The van der Waals surface area contributed by atoms with Gasteiger partial charge in [0.15, 0.2) is 5.82 Å². The topological polar surface area (TPSA) is 38.9 Å². The largest absolute Gasteiger partial charge is 0.397 e. The molecule has 0 radical (unpaired) electrons. The van der Waals surface area contributed by atoms with Gasteiger partial charge in [0.1, 0.15) is 6.42 Å². The normalized spacial score (nSPS) is 12.0. The van der Waals surface area contributed by atoms with Gasteiger partial charge in [-0.25, -0.2) is 0 Å². The molecule has 0 saturated heterocycles. The lowest BCUT2D eigenvalue weighted by atomic mass is 10.4. The van der Waals surface area contributed by atoms with Gasteiger partial charge in [0.25, 0.3) is 0 Å². The van der Waals surface area contributed by atoms with Gasteiger partial charge in [0, 0.05) is 0 Å². The third-order valence-electron chi connectivity index (χ3n) is 0.981. The number of hydrogen-bond acceptors (Lipinski definition) is 3. The van der Waals surface area contributed by atoms with Crippen LogP contribution >= 0.6 is 15.9 Å². The van der Waals surface area contributed by atoms with Crippen LogP contribution in [0.2, 0.25) is 0 Å². The molecule has 0 saturated carbocycles. The van der Waals surface area contributed by atoms with E-state index >= 15 is 0 Å². The lowest BCUT2D eigenvalue weighted by molar-refractivity contribution is -0.131. The van der Waals surface area contributed by atoms with Crippen molar-refractivity contribution in [2.24, 2.45) is 0 Å². The molecule has 12 heavy (non-hydrogen) atoms. The maximum Gasteiger partial charge on any atom is 0.397 e. The first kappa shape index (κ1) is 9.50. The number of aromatic nitrogens is 2.